The first-order chi connectivity index (χ1) is 15.6. The maximum Gasteiger partial charge on any atom is 0.416 e. The molecular weight excluding hydrogens is 520 g/mol. The molecule has 33 heavy (non-hydrogen) atoms. The Kier molecular flexibility index (Phi) is 6.91. The van der Waals surface area contributed by atoms with Crippen LogP contribution in [0.3, 0.4) is 0 Å². The van der Waals surface area contributed by atoms with Crippen LogP contribution in [-0.2, 0) is 17.4 Å². The van der Waals surface area contributed by atoms with Crippen LogP contribution in [0.25, 0.3) is 11.3 Å². The third-order valence-corrected chi connectivity index (χ3v) is 7.50. The molecule has 1 aromatic heterocycles. The van der Waals surface area contributed by atoms with Gasteiger partial charge >= 0.3 is 6.18 Å². The van der Waals surface area contributed by atoms with E-state index in [2.05, 4.69) is 15.9 Å². The van der Waals surface area contributed by atoms with E-state index < -0.39 is 29.9 Å². The van der Waals surface area contributed by atoms with E-state index in [1.807, 2.05) is 31.2 Å². The van der Waals surface area contributed by atoms with Crippen LogP contribution >= 0.6 is 27.3 Å². The molecule has 3 aromatic rings. The number of amides is 1. The van der Waals surface area contributed by atoms with E-state index in [1.165, 1.54) is 0 Å². The van der Waals surface area contributed by atoms with Crippen molar-refractivity contribution in [3.05, 3.63) is 73.8 Å². The predicted octanol–water partition coefficient (Wildman–Crippen LogP) is 6.99. The summed E-state index contributed by atoms with van der Waals surface area (Å²) in [5.41, 5.74) is 0.698. The van der Waals surface area contributed by atoms with E-state index >= 15 is 0 Å². The molecule has 1 aliphatic rings. The third kappa shape index (κ3) is 5.46. The smallest absolute Gasteiger partial charge is 0.342 e. The van der Waals surface area contributed by atoms with Crippen molar-refractivity contribution in [2.45, 2.75) is 38.3 Å². The van der Waals surface area contributed by atoms with Gasteiger partial charge in [-0.3, -0.25) is 4.79 Å². The zero-order valence-electron chi connectivity index (χ0n) is 17.8. The Morgan fingerprint density at radius 1 is 1.15 bits per heavy atom. The van der Waals surface area contributed by atoms with Gasteiger partial charge in [0.05, 0.1) is 22.7 Å². The molecule has 0 atom stereocenters. The summed E-state index contributed by atoms with van der Waals surface area (Å²) in [5.74, 6) is -1.01. The predicted molar refractivity (Wildman–Crippen MR) is 124 cm³/mol. The van der Waals surface area contributed by atoms with Gasteiger partial charge < -0.3 is 4.90 Å². The molecule has 1 amide bonds. The normalized spacial score (nSPS) is 15.2. The molecule has 1 fully saturated rings. The van der Waals surface area contributed by atoms with Gasteiger partial charge in [-0.05, 0) is 55.7 Å². The highest BCUT2D eigenvalue weighted by atomic mass is 79.9. The summed E-state index contributed by atoms with van der Waals surface area (Å²) >= 11 is 5.08. The number of carbonyl (C=O) groups excluding carboxylic acids is 1. The number of benzene rings is 2. The van der Waals surface area contributed by atoms with Gasteiger partial charge in [0.25, 0.3) is 0 Å². The average Bonchev–Trinajstić information content (AvgIpc) is 3.15. The van der Waals surface area contributed by atoms with Gasteiger partial charge in [-0.1, -0.05) is 28.1 Å². The van der Waals surface area contributed by atoms with Crippen molar-refractivity contribution in [3.63, 3.8) is 0 Å². The van der Waals surface area contributed by atoms with Crippen LogP contribution in [0.2, 0.25) is 0 Å². The molecule has 0 saturated carbocycles. The lowest BCUT2D eigenvalue weighted by molar-refractivity contribution is -0.138. The Bertz CT molecular complexity index is 1150. The maximum atomic E-state index is 13.5. The zero-order valence-corrected chi connectivity index (χ0v) is 20.2. The molecule has 3 nitrogen and oxygen atoms in total. The molecule has 0 radical (unpaired) electrons. The molecule has 2 aromatic carbocycles. The highest BCUT2D eigenvalue weighted by molar-refractivity contribution is 9.10. The molecule has 2 heterocycles. The maximum absolute atomic E-state index is 13.5. The first kappa shape index (κ1) is 23.9. The Labute approximate surface area is 201 Å². The summed E-state index contributed by atoms with van der Waals surface area (Å²) in [7, 11) is 0. The average molecular weight is 541 g/mol. The van der Waals surface area contributed by atoms with E-state index in [1.54, 1.807) is 16.2 Å². The number of carbonyl (C=O) groups is 1. The third-order valence-electron chi connectivity index (χ3n) is 5.84. The molecule has 0 bridgehead atoms. The van der Waals surface area contributed by atoms with Crippen molar-refractivity contribution < 1.29 is 22.4 Å². The Morgan fingerprint density at radius 2 is 1.82 bits per heavy atom. The van der Waals surface area contributed by atoms with Crippen LogP contribution in [0, 0.1) is 12.7 Å². The minimum atomic E-state index is -4.63. The summed E-state index contributed by atoms with van der Waals surface area (Å²) in [6.45, 7) is 2.91. The highest BCUT2D eigenvalue weighted by Gasteiger charge is 2.35. The number of aryl methyl sites for hydroxylation is 1. The first-order valence-corrected chi connectivity index (χ1v) is 12.1. The second-order valence-corrected chi connectivity index (χ2v) is 10.2. The van der Waals surface area contributed by atoms with Crippen LogP contribution in [0.1, 0.15) is 39.8 Å². The van der Waals surface area contributed by atoms with Crippen LogP contribution in [0.4, 0.5) is 17.6 Å². The number of thiazole rings is 1. The molecule has 1 saturated heterocycles. The van der Waals surface area contributed by atoms with Gasteiger partial charge in [-0.2, -0.15) is 13.2 Å². The van der Waals surface area contributed by atoms with E-state index in [9.17, 15) is 22.4 Å². The van der Waals surface area contributed by atoms with Crippen molar-refractivity contribution in [1.29, 1.82) is 0 Å². The monoisotopic (exact) mass is 540 g/mol. The van der Waals surface area contributed by atoms with E-state index in [4.69, 9.17) is 4.98 Å². The van der Waals surface area contributed by atoms with Crippen LogP contribution < -0.4 is 0 Å². The molecule has 4 rings (SSSR count). The summed E-state index contributed by atoms with van der Waals surface area (Å²) in [4.78, 5) is 20.2. The number of rotatable bonds is 4. The Balaban J connectivity index is 1.42. The fourth-order valence-corrected chi connectivity index (χ4v) is 5.48. The van der Waals surface area contributed by atoms with Crippen LogP contribution in [-0.4, -0.2) is 28.9 Å². The van der Waals surface area contributed by atoms with Gasteiger partial charge in [0.2, 0.25) is 5.91 Å². The molecule has 0 unspecified atom stereocenters. The van der Waals surface area contributed by atoms with Gasteiger partial charge in [-0.15, -0.1) is 11.3 Å². The largest absolute Gasteiger partial charge is 0.416 e. The molecule has 1 aliphatic heterocycles. The zero-order chi connectivity index (χ0) is 23.8. The molecule has 9 heteroatoms. The second-order valence-electron chi connectivity index (χ2n) is 8.09. The fraction of sp³-hybridized carbons (Fsp3) is 0.333. The molecule has 0 N–H and O–H groups in total. The number of hydrogen-bond acceptors (Lipinski definition) is 3. The lowest BCUT2D eigenvalue weighted by Crippen LogP contribution is -2.39. The highest BCUT2D eigenvalue weighted by Crippen LogP contribution is 2.37. The number of halogens is 5. The van der Waals surface area contributed by atoms with E-state index in [0.717, 1.165) is 37.7 Å². The summed E-state index contributed by atoms with van der Waals surface area (Å²) in [6, 6.07) is 10.2. The van der Waals surface area contributed by atoms with Gasteiger partial charge in [-0.25, -0.2) is 9.37 Å². The van der Waals surface area contributed by atoms with Crippen molar-refractivity contribution in [2.75, 3.05) is 13.1 Å². The summed E-state index contributed by atoms with van der Waals surface area (Å²) < 4.78 is 54.2. The summed E-state index contributed by atoms with van der Waals surface area (Å²) in [5, 5.41) is 1.02. The number of aromatic nitrogens is 1. The van der Waals surface area contributed by atoms with E-state index in [0.29, 0.717) is 32.0 Å². The quantitative estimate of drug-likeness (QED) is 0.334. The van der Waals surface area contributed by atoms with E-state index in [-0.39, 0.29) is 11.5 Å². The van der Waals surface area contributed by atoms with Gasteiger partial charge in [0.15, 0.2) is 0 Å². The minimum absolute atomic E-state index is 0.196. The van der Waals surface area contributed by atoms with Gasteiger partial charge in [0.1, 0.15) is 5.82 Å². The Hall–Kier alpha value is -2.26. The van der Waals surface area contributed by atoms with Crippen LogP contribution in [0.15, 0.2) is 46.9 Å². The minimum Gasteiger partial charge on any atom is -0.342 e. The number of likely N-dealkylation sites (tertiary alicyclic amines) is 1. The first-order valence-electron chi connectivity index (χ1n) is 10.5. The number of nitrogens with zero attached hydrogens (tertiary/aromatic N) is 2. The molecule has 0 aliphatic carbocycles. The number of alkyl halides is 3. The topological polar surface area (TPSA) is 33.2 Å². The summed E-state index contributed by atoms with van der Waals surface area (Å²) in [6.07, 6.45) is -3.73. The van der Waals surface area contributed by atoms with Crippen molar-refractivity contribution >= 4 is 33.2 Å². The SMILES string of the molecule is Cc1sc(C2CCN(C(=O)Cc3cc(F)ccc3C(F)(F)F)CC2)nc1-c1ccc(Br)cc1. The lowest BCUT2D eigenvalue weighted by Gasteiger charge is -2.31. The van der Waals surface area contributed by atoms with Crippen molar-refractivity contribution in [3.8, 4) is 11.3 Å². The van der Waals surface area contributed by atoms with Gasteiger partial charge in [0, 0.05) is 33.9 Å². The van der Waals surface area contributed by atoms with Crippen molar-refractivity contribution in [2.24, 2.45) is 0 Å². The molecular formula is C24H21BrF4N2OS. The number of piperidine rings is 1. The molecule has 174 valence electrons. The standard InChI is InChI=1S/C24H21BrF4N2OS/c1-14-22(15-2-4-18(25)5-3-15)30-23(33-14)16-8-10-31(11-9-16)21(32)13-17-12-19(26)6-7-20(17)24(27,28)29/h2-7,12,16H,8-11,13H2,1H3. The molecule has 0 spiro atoms. The van der Waals surface area contributed by atoms with Crippen LogP contribution in [0.5, 0.6) is 0 Å². The van der Waals surface area contributed by atoms with Crippen molar-refractivity contribution in [1.82, 2.24) is 9.88 Å². The Morgan fingerprint density at radius 3 is 2.45 bits per heavy atom. The number of hydrogen-bond donors (Lipinski definition) is 0. The lowest BCUT2D eigenvalue weighted by atomic mass is 9.96. The fourth-order valence-electron chi connectivity index (χ4n) is 4.10. The second kappa shape index (κ2) is 9.54.